The number of nitrogens with zero attached hydrogens (tertiary/aromatic N) is 2. The fraction of sp³-hybridized carbons (Fsp3) is 0.367. The smallest absolute Gasteiger partial charge is 0.362 e. The highest BCUT2D eigenvalue weighted by atomic mass is 35.5. The van der Waals surface area contributed by atoms with E-state index in [-0.39, 0.29) is 50.0 Å². The molecule has 0 atom stereocenters. The summed E-state index contributed by atoms with van der Waals surface area (Å²) >= 11 is 18.7. The zero-order valence-corrected chi connectivity index (χ0v) is 26.4. The van der Waals surface area contributed by atoms with E-state index in [0.717, 1.165) is 43.5 Å². The number of carbonyl (C=O) groups is 2. The molecule has 1 aromatic heterocycles. The number of fused-ring (bicyclic) bond motifs is 1. The summed E-state index contributed by atoms with van der Waals surface area (Å²) in [6.07, 6.45) is 3.32. The SMILES string of the molecule is Cc1c(O)c(N2CCCC3(CC3)C2=O)cc2c1CN(C(=O)c1c(Sc3c(Cl)ccc(CO)c3Cl)cc(C(F)(F)Cl)[nH]c1=O)C2. The Labute approximate surface area is 269 Å². The van der Waals surface area contributed by atoms with Gasteiger partial charge in [0, 0.05) is 34.8 Å². The van der Waals surface area contributed by atoms with Crippen LogP contribution in [0.3, 0.4) is 0 Å². The molecule has 3 heterocycles. The van der Waals surface area contributed by atoms with Gasteiger partial charge in [0.05, 0.1) is 22.3 Å². The van der Waals surface area contributed by atoms with E-state index in [9.17, 15) is 33.4 Å². The summed E-state index contributed by atoms with van der Waals surface area (Å²) in [5.41, 5.74) is -0.223. The number of hydrogen-bond acceptors (Lipinski definition) is 6. The Morgan fingerprint density at radius 3 is 2.55 bits per heavy atom. The number of benzene rings is 2. The Hall–Kier alpha value is -2.83. The molecule has 0 bridgehead atoms. The number of alkyl halides is 3. The van der Waals surface area contributed by atoms with Crippen LogP contribution in [-0.4, -0.2) is 38.5 Å². The molecule has 3 aliphatic rings. The Balaban J connectivity index is 1.37. The second kappa shape index (κ2) is 11.2. The molecule has 14 heteroatoms. The number of hydrogen-bond donors (Lipinski definition) is 3. The summed E-state index contributed by atoms with van der Waals surface area (Å²) in [5.74, 6) is -0.803. The van der Waals surface area contributed by atoms with Crippen molar-refractivity contribution >= 4 is 64.1 Å². The normalized spacial score (nSPS) is 17.4. The van der Waals surface area contributed by atoms with Gasteiger partial charge in [-0.2, -0.15) is 8.78 Å². The van der Waals surface area contributed by atoms with Crippen molar-refractivity contribution in [2.45, 2.75) is 67.5 Å². The summed E-state index contributed by atoms with van der Waals surface area (Å²) in [5, 5.41) is 17.0. The number of halogens is 5. The number of pyridine rings is 1. The number of aromatic amines is 1. The Morgan fingerprint density at radius 2 is 1.89 bits per heavy atom. The molecule has 2 fully saturated rings. The first-order valence-electron chi connectivity index (χ1n) is 13.8. The summed E-state index contributed by atoms with van der Waals surface area (Å²) in [6, 6.07) is 5.56. The first kappa shape index (κ1) is 31.2. The van der Waals surface area contributed by atoms with Gasteiger partial charge in [0.2, 0.25) is 5.91 Å². The average molecular weight is 685 g/mol. The summed E-state index contributed by atoms with van der Waals surface area (Å²) in [4.78, 5) is 45.5. The van der Waals surface area contributed by atoms with Gasteiger partial charge in [-0.3, -0.25) is 14.4 Å². The van der Waals surface area contributed by atoms with Crippen LogP contribution in [0.1, 0.15) is 64.0 Å². The summed E-state index contributed by atoms with van der Waals surface area (Å²) in [7, 11) is 0. The van der Waals surface area contributed by atoms with E-state index in [1.165, 1.54) is 17.0 Å². The van der Waals surface area contributed by atoms with E-state index in [0.29, 0.717) is 34.5 Å². The lowest BCUT2D eigenvalue weighted by molar-refractivity contribution is -0.125. The highest BCUT2D eigenvalue weighted by molar-refractivity contribution is 7.99. The second-order valence-corrected chi connectivity index (χ2v) is 13.7. The van der Waals surface area contributed by atoms with E-state index in [1.54, 1.807) is 17.9 Å². The van der Waals surface area contributed by atoms with Gasteiger partial charge in [0.25, 0.3) is 11.5 Å². The van der Waals surface area contributed by atoms with Crippen LogP contribution in [0.4, 0.5) is 14.5 Å². The number of aliphatic hydroxyl groups is 1. The van der Waals surface area contributed by atoms with Crippen LogP contribution in [-0.2, 0) is 29.9 Å². The lowest BCUT2D eigenvalue weighted by atomic mass is 9.92. The van der Waals surface area contributed by atoms with Crippen molar-refractivity contribution in [3.63, 3.8) is 0 Å². The zero-order chi connectivity index (χ0) is 31.7. The minimum atomic E-state index is -3.95. The molecule has 2 aromatic carbocycles. The maximum Gasteiger partial charge on any atom is 0.362 e. The molecule has 3 aromatic rings. The van der Waals surface area contributed by atoms with Crippen LogP contribution in [0.25, 0.3) is 0 Å². The number of carbonyl (C=O) groups excluding carboxylic acids is 2. The number of nitrogens with one attached hydrogen (secondary N) is 1. The number of aliphatic hydroxyl groups excluding tert-OH is 1. The van der Waals surface area contributed by atoms with E-state index in [2.05, 4.69) is 0 Å². The quantitative estimate of drug-likeness (QED) is 0.250. The minimum Gasteiger partial charge on any atom is -0.505 e. The van der Waals surface area contributed by atoms with Crippen molar-refractivity contribution in [1.29, 1.82) is 0 Å². The summed E-state index contributed by atoms with van der Waals surface area (Å²) in [6.45, 7) is 1.83. The van der Waals surface area contributed by atoms with Crippen molar-refractivity contribution in [1.82, 2.24) is 9.88 Å². The van der Waals surface area contributed by atoms with E-state index in [1.807, 2.05) is 4.98 Å². The third-order valence-corrected chi connectivity index (χ3v) is 11.0. The molecular weight excluding hydrogens is 659 g/mol. The van der Waals surface area contributed by atoms with E-state index < -0.39 is 34.7 Å². The number of aromatic hydroxyl groups is 1. The molecule has 3 N–H and O–H groups in total. The zero-order valence-electron chi connectivity index (χ0n) is 23.3. The molecule has 0 radical (unpaired) electrons. The van der Waals surface area contributed by atoms with Gasteiger partial charge in [0.15, 0.2) is 0 Å². The lowest BCUT2D eigenvalue weighted by Crippen LogP contribution is -2.42. The Bertz CT molecular complexity index is 1790. The van der Waals surface area contributed by atoms with Crippen molar-refractivity contribution < 1.29 is 28.6 Å². The maximum atomic E-state index is 14.2. The molecule has 8 nitrogen and oxygen atoms in total. The van der Waals surface area contributed by atoms with E-state index in [4.69, 9.17) is 34.8 Å². The largest absolute Gasteiger partial charge is 0.505 e. The third-order valence-electron chi connectivity index (χ3n) is 8.65. The molecule has 0 unspecified atom stereocenters. The highest BCUT2D eigenvalue weighted by Crippen LogP contribution is 2.54. The molecule has 2 amide bonds. The topological polar surface area (TPSA) is 114 Å². The predicted molar refractivity (Wildman–Crippen MR) is 163 cm³/mol. The number of phenolic OH excluding ortho intramolecular Hbond substituents is 1. The molecular formula is C30H26Cl3F2N3O5S. The lowest BCUT2D eigenvalue weighted by Gasteiger charge is -2.33. The van der Waals surface area contributed by atoms with Gasteiger partial charge in [0.1, 0.15) is 17.0 Å². The van der Waals surface area contributed by atoms with Gasteiger partial charge in [-0.1, -0.05) is 41.0 Å². The third kappa shape index (κ3) is 5.26. The van der Waals surface area contributed by atoms with Crippen LogP contribution >= 0.6 is 46.6 Å². The van der Waals surface area contributed by atoms with Crippen molar-refractivity contribution in [2.75, 3.05) is 11.4 Å². The predicted octanol–water partition coefficient (Wildman–Crippen LogP) is 6.69. The first-order chi connectivity index (χ1) is 20.8. The Morgan fingerprint density at radius 1 is 1.16 bits per heavy atom. The fourth-order valence-corrected chi connectivity index (χ4v) is 7.83. The van der Waals surface area contributed by atoms with Gasteiger partial charge >= 0.3 is 5.38 Å². The van der Waals surface area contributed by atoms with Crippen LogP contribution < -0.4 is 10.5 Å². The van der Waals surface area contributed by atoms with Crippen LogP contribution in [0.2, 0.25) is 10.0 Å². The molecule has 1 spiro atoms. The molecule has 1 aliphatic carbocycles. The minimum absolute atomic E-state index is 0.00342. The maximum absolute atomic E-state index is 14.2. The molecule has 1 saturated heterocycles. The second-order valence-electron chi connectivity index (χ2n) is 11.4. The fourth-order valence-electron chi connectivity index (χ4n) is 6.00. The van der Waals surface area contributed by atoms with Crippen molar-refractivity contribution in [3.05, 3.63) is 78.2 Å². The van der Waals surface area contributed by atoms with Crippen LogP contribution in [0.15, 0.2) is 38.9 Å². The van der Waals surface area contributed by atoms with Crippen LogP contribution in [0.5, 0.6) is 5.75 Å². The Kier molecular flexibility index (Phi) is 7.94. The standard InChI is InChI=1S/C30H26Cl3F2N3O5S/c1-14-17-12-37(11-16(17)9-19(24(14)40)38-8-2-5-29(6-7-29)28(38)43)27(42)22-20(10-21(30(33,34)35)36-26(22)41)44-25-18(31)4-3-15(13-39)23(25)32/h3-4,9-10,39-40H,2,5-8,11-13H2,1H3,(H,36,41). The number of phenols is 1. The number of amides is 2. The first-order valence-corrected chi connectivity index (χ1v) is 15.8. The van der Waals surface area contributed by atoms with Crippen LogP contribution in [0, 0.1) is 12.3 Å². The number of aromatic nitrogens is 1. The highest BCUT2D eigenvalue weighted by Gasteiger charge is 2.53. The summed E-state index contributed by atoms with van der Waals surface area (Å²) < 4.78 is 28.3. The number of H-pyrrole nitrogens is 1. The average Bonchev–Trinajstić information content (AvgIpc) is 3.62. The van der Waals surface area contributed by atoms with Gasteiger partial charge in [-0.05, 0) is 84.7 Å². The van der Waals surface area contributed by atoms with Crippen molar-refractivity contribution in [3.8, 4) is 5.75 Å². The molecule has 6 rings (SSSR count). The van der Waals surface area contributed by atoms with Gasteiger partial charge < -0.3 is 25.0 Å². The van der Waals surface area contributed by atoms with Crippen molar-refractivity contribution in [2.24, 2.45) is 5.41 Å². The number of rotatable bonds is 6. The monoisotopic (exact) mass is 683 g/mol. The van der Waals surface area contributed by atoms with Gasteiger partial charge in [-0.25, -0.2) is 0 Å². The molecule has 1 saturated carbocycles. The number of piperidine rings is 1. The van der Waals surface area contributed by atoms with Gasteiger partial charge in [-0.15, -0.1) is 0 Å². The van der Waals surface area contributed by atoms with E-state index >= 15 is 0 Å². The molecule has 232 valence electrons. The number of anilines is 1. The molecule has 2 aliphatic heterocycles. The molecule has 44 heavy (non-hydrogen) atoms.